The van der Waals surface area contributed by atoms with Crippen LogP contribution in [-0.2, 0) is 6.54 Å². The smallest absolute Gasteiger partial charge is 0.405 e. The predicted molar refractivity (Wildman–Crippen MR) is 141 cm³/mol. The topological polar surface area (TPSA) is 109 Å². The number of alkyl halides is 3. The Kier molecular flexibility index (Phi) is 8.47. The summed E-state index contributed by atoms with van der Waals surface area (Å²) in [4.78, 5) is 28.1. The highest BCUT2D eigenvalue weighted by Gasteiger charge is 2.28. The second kappa shape index (κ2) is 11.8. The molecule has 4 rings (SSSR count). The molecule has 1 unspecified atom stereocenters. The Hall–Kier alpha value is -4.02. The Morgan fingerprint density at radius 3 is 2.69 bits per heavy atom. The number of nitrogens with zero attached hydrogens (tertiary/aromatic N) is 2. The molecule has 0 radical (unpaired) electrons. The largest absolute Gasteiger partial charge is 0.506 e. The van der Waals surface area contributed by atoms with Crippen LogP contribution in [0.4, 0.5) is 13.2 Å². The van der Waals surface area contributed by atoms with Crippen LogP contribution < -0.4 is 10.1 Å². The number of Topliss-reactive ketones (excluding diaryl/α,β-unsaturated/α-hetero) is 1. The molecule has 0 fully saturated rings. The fraction of sp³-hybridized carbons (Fsp3) is 0.393. The van der Waals surface area contributed by atoms with Gasteiger partial charge < -0.3 is 20.1 Å². The maximum Gasteiger partial charge on any atom is 0.405 e. The number of hydrogen-bond acceptors (Lipinski definition) is 5. The minimum absolute atomic E-state index is 0.0338. The summed E-state index contributed by atoms with van der Waals surface area (Å²) in [5, 5.41) is 18.0. The van der Waals surface area contributed by atoms with Crippen molar-refractivity contribution in [3.63, 3.8) is 0 Å². The van der Waals surface area contributed by atoms with Gasteiger partial charge in [-0.1, -0.05) is 13.3 Å². The van der Waals surface area contributed by atoms with Crippen LogP contribution in [0.5, 0.6) is 11.5 Å². The summed E-state index contributed by atoms with van der Waals surface area (Å²) < 4.78 is 44.3. The minimum atomic E-state index is -4.55. The van der Waals surface area contributed by atoms with Crippen LogP contribution in [0.15, 0.2) is 42.6 Å². The van der Waals surface area contributed by atoms with Crippen molar-refractivity contribution in [2.75, 3.05) is 13.7 Å². The lowest BCUT2D eigenvalue weighted by Crippen LogP contribution is -2.33. The molecule has 2 heterocycles. The summed E-state index contributed by atoms with van der Waals surface area (Å²) in [6.45, 7) is 1.13. The third kappa shape index (κ3) is 6.90. The Bertz CT molecular complexity index is 1480. The average Bonchev–Trinajstić information content (AvgIpc) is 3.51. The normalized spacial score (nSPS) is 12.6. The van der Waals surface area contributed by atoms with Gasteiger partial charge in [-0.3, -0.25) is 14.3 Å². The molecule has 0 saturated carbocycles. The number of amides is 1. The molecule has 39 heavy (non-hydrogen) atoms. The highest BCUT2D eigenvalue weighted by molar-refractivity contribution is 6.02. The zero-order valence-corrected chi connectivity index (χ0v) is 21.8. The van der Waals surface area contributed by atoms with Crippen molar-refractivity contribution in [2.45, 2.75) is 51.7 Å². The van der Waals surface area contributed by atoms with Crippen molar-refractivity contribution in [3.8, 4) is 11.5 Å². The lowest BCUT2D eigenvalue weighted by Gasteiger charge is -2.15. The standard InChI is InChI=1S/C28H31F3N4O4/c1-3-5-17(6-4-7-25(36)24-13-18-12-19(39-2)8-10-22(18)33-24)14-35-15-21-23(34-35)11-9-20(26(21)37)27(38)32-16-28(29,30)31/h8-13,15,17,33,37H,3-7,14,16H2,1-2H3,(H,32,38). The third-order valence-corrected chi connectivity index (χ3v) is 6.69. The Labute approximate surface area is 223 Å². The zero-order valence-electron chi connectivity index (χ0n) is 21.8. The van der Waals surface area contributed by atoms with E-state index in [9.17, 15) is 27.9 Å². The SMILES string of the molecule is CCCC(CCCC(=O)c1cc2cc(OC)ccc2[nH]1)Cn1cc2c(O)c(C(=O)NCC(F)(F)F)ccc2n1. The summed E-state index contributed by atoms with van der Waals surface area (Å²) in [5.41, 5.74) is 1.62. The van der Waals surface area contributed by atoms with Crippen molar-refractivity contribution >= 4 is 33.5 Å². The number of rotatable bonds is 12. The van der Waals surface area contributed by atoms with Crippen LogP contribution in [0, 0.1) is 5.92 Å². The molecule has 0 spiro atoms. The fourth-order valence-electron chi connectivity index (χ4n) is 4.75. The molecule has 0 aliphatic heterocycles. The van der Waals surface area contributed by atoms with Gasteiger partial charge in [-0.15, -0.1) is 0 Å². The van der Waals surface area contributed by atoms with Crippen molar-refractivity contribution in [1.82, 2.24) is 20.1 Å². The van der Waals surface area contributed by atoms with E-state index in [1.807, 2.05) is 24.3 Å². The van der Waals surface area contributed by atoms with Crippen LogP contribution in [0.25, 0.3) is 21.8 Å². The van der Waals surface area contributed by atoms with Crippen molar-refractivity contribution in [1.29, 1.82) is 0 Å². The molecule has 2 aromatic carbocycles. The first kappa shape index (κ1) is 28.0. The summed E-state index contributed by atoms with van der Waals surface area (Å²) in [6, 6.07) is 10.2. The van der Waals surface area contributed by atoms with Crippen molar-refractivity contribution in [2.24, 2.45) is 5.92 Å². The average molecular weight is 545 g/mol. The van der Waals surface area contributed by atoms with Gasteiger partial charge in [0.15, 0.2) is 5.78 Å². The van der Waals surface area contributed by atoms with E-state index < -0.39 is 24.4 Å². The molecule has 4 aromatic rings. The van der Waals surface area contributed by atoms with E-state index in [-0.39, 0.29) is 22.7 Å². The van der Waals surface area contributed by atoms with Crippen LogP contribution >= 0.6 is 0 Å². The number of carbonyl (C=O) groups is 2. The molecule has 2 aromatic heterocycles. The number of aromatic amines is 1. The maximum atomic E-state index is 12.8. The zero-order chi connectivity index (χ0) is 28.2. The van der Waals surface area contributed by atoms with Crippen LogP contribution in [0.1, 0.15) is 59.9 Å². The monoisotopic (exact) mass is 544 g/mol. The number of nitrogens with one attached hydrogen (secondary N) is 2. The van der Waals surface area contributed by atoms with E-state index in [0.29, 0.717) is 30.6 Å². The number of ketones is 1. The first-order valence-corrected chi connectivity index (χ1v) is 12.8. The number of phenolic OH excluding ortho intramolecular Hbond substituents is 1. The highest BCUT2D eigenvalue weighted by atomic mass is 19.4. The first-order valence-electron chi connectivity index (χ1n) is 12.8. The number of ether oxygens (including phenoxy) is 1. The van der Waals surface area contributed by atoms with E-state index in [1.165, 1.54) is 12.1 Å². The molecule has 0 aliphatic carbocycles. The van der Waals surface area contributed by atoms with Gasteiger partial charge in [0.05, 0.1) is 29.3 Å². The van der Waals surface area contributed by atoms with E-state index in [0.717, 1.165) is 35.9 Å². The molecular weight excluding hydrogens is 513 g/mol. The highest BCUT2D eigenvalue weighted by Crippen LogP contribution is 2.29. The summed E-state index contributed by atoms with van der Waals surface area (Å²) in [5.74, 6) is -0.440. The number of benzene rings is 2. The molecule has 11 heteroatoms. The molecular formula is C28H31F3N4O4. The Balaban J connectivity index is 1.38. The molecule has 8 nitrogen and oxygen atoms in total. The third-order valence-electron chi connectivity index (χ3n) is 6.69. The van der Waals surface area contributed by atoms with E-state index in [2.05, 4.69) is 17.0 Å². The van der Waals surface area contributed by atoms with E-state index in [4.69, 9.17) is 4.74 Å². The summed E-state index contributed by atoms with van der Waals surface area (Å²) in [7, 11) is 1.60. The molecule has 0 saturated heterocycles. The van der Waals surface area contributed by atoms with Crippen LogP contribution in [-0.4, -0.2) is 51.4 Å². The minimum Gasteiger partial charge on any atom is -0.506 e. The van der Waals surface area contributed by atoms with Gasteiger partial charge >= 0.3 is 6.18 Å². The van der Waals surface area contributed by atoms with Gasteiger partial charge in [-0.2, -0.15) is 18.3 Å². The van der Waals surface area contributed by atoms with Gasteiger partial charge in [0.25, 0.3) is 5.91 Å². The number of carbonyl (C=O) groups excluding carboxylic acids is 2. The number of H-pyrrole nitrogens is 1. The number of phenols is 1. The Morgan fingerprint density at radius 2 is 1.97 bits per heavy atom. The second-order valence-electron chi connectivity index (χ2n) is 9.65. The number of halogens is 3. The molecule has 208 valence electrons. The first-order chi connectivity index (χ1) is 18.6. The molecule has 3 N–H and O–H groups in total. The van der Waals surface area contributed by atoms with Gasteiger partial charge in [-0.05, 0) is 61.6 Å². The predicted octanol–water partition coefficient (Wildman–Crippen LogP) is 5.99. The van der Waals surface area contributed by atoms with Gasteiger partial charge in [0.1, 0.15) is 18.0 Å². The van der Waals surface area contributed by atoms with Crippen LogP contribution in [0.2, 0.25) is 0 Å². The van der Waals surface area contributed by atoms with Crippen LogP contribution in [0.3, 0.4) is 0 Å². The lowest BCUT2D eigenvalue weighted by molar-refractivity contribution is -0.123. The van der Waals surface area contributed by atoms with E-state index >= 15 is 0 Å². The van der Waals surface area contributed by atoms with Gasteiger partial charge in [-0.25, -0.2) is 0 Å². The van der Waals surface area contributed by atoms with Gasteiger partial charge in [0.2, 0.25) is 0 Å². The van der Waals surface area contributed by atoms with Crippen molar-refractivity contribution < 1.29 is 32.6 Å². The number of methoxy groups -OCH3 is 1. The number of hydrogen-bond donors (Lipinski definition) is 3. The number of aromatic hydroxyl groups is 1. The summed E-state index contributed by atoms with van der Waals surface area (Å²) in [6.07, 6.45) is 0.771. The molecule has 0 bridgehead atoms. The Morgan fingerprint density at radius 1 is 1.18 bits per heavy atom. The van der Waals surface area contributed by atoms with Gasteiger partial charge in [0, 0.05) is 30.1 Å². The number of fused-ring (bicyclic) bond motifs is 2. The van der Waals surface area contributed by atoms with E-state index in [1.54, 1.807) is 23.3 Å². The quantitative estimate of drug-likeness (QED) is 0.190. The molecule has 1 amide bonds. The molecule has 0 aliphatic rings. The number of aromatic nitrogens is 3. The van der Waals surface area contributed by atoms with Crippen molar-refractivity contribution in [3.05, 3.63) is 53.9 Å². The second-order valence-corrected chi connectivity index (χ2v) is 9.65. The molecule has 1 atom stereocenters. The lowest BCUT2D eigenvalue weighted by atomic mass is 9.96. The fourth-order valence-corrected chi connectivity index (χ4v) is 4.75. The summed E-state index contributed by atoms with van der Waals surface area (Å²) >= 11 is 0. The maximum absolute atomic E-state index is 12.8.